The first-order valence-electron chi connectivity index (χ1n) is 5.81. The Balaban J connectivity index is 2.23. The fraction of sp³-hybridized carbons (Fsp3) is 0. The molecule has 0 bridgehead atoms. The number of rotatable bonds is 5. The Labute approximate surface area is 132 Å². The number of non-ortho nitro benzene ring substituents is 2. The lowest BCUT2D eigenvalue weighted by Crippen LogP contribution is -1.93. The summed E-state index contributed by atoms with van der Waals surface area (Å²) in [7, 11) is 2.30. The molecule has 2 aromatic rings. The molecule has 0 saturated carbocycles. The summed E-state index contributed by atoms with van der Waals surface area (Å²) in [5.41, 5.74) is 12.2. The van der Waals surface area contributed by atoms with Gasteiger partial charge in [-0.1, -0.05) is 21.6 Å². The van der Waals surface area contributed by atoms with Gasteiger partial charge in [-0.15, -0.1) is 0 Å². The van der Waals surface area contributed by atoms with E-state index in [4.69, 9.17) is 11.5 Å². The molecule has 0 amide bonds. The summed E-state index contributed by atoms with van der Waals surface area (Å²) >= 11 is 0. The predicted octanol–water partition coefficient (Wildman–Crippen LogP) is 3.47. The minimum Gasteiger partial charge on any atom is -0.398 e. The quantitative estimate of drug-likeness (QED) is 0.365. The van der Waals surface area contributed by atoms with Crippen LogP contribution in [0.2, 0.25) is 0 Å². The molecule has 0 saturated heterocycles. The summed E-state index contributed by atoms with van der Waals surface area (Å²) in [5, 5.41) is 21.5. The molecule has 0 aliphatic heterocycles. The Morgan fingerprint density at radius 1 is 0.773 bits per heavy atom. The lowest BCUT2D eigenvalue weighted by Gasteiger charge is -2.06. The minimum atomic E-state index is -0.518. The Morgan fingerprint density at radius 3 is 1.45 bits per heavy atom. The summed E-state index contributed by atoms with van der Waals surface area (Å²) in [6.07, 6.45) is 0. The molecule has 0 fully saturated rings. The second-order valence-electron chi connectivity index (χ2n) is 4.13. The standard InChI is InChI=1S/C12H10N4O4S2/c13-9-3-1-7(15(17)18)5-11(9)21-22-12-6-8(16(19)20)2-4-10(12)14/h1-6H,13-14H2. The lowest BCUT2D eigenvalue weighted by atomic mass is 10.3. The van der Waals surface area contributed by atoms with E-state index in [1.165, 1.54) is 36.4 Å². The molecule has 0 aliphatic carbocycles. The molecule has 2 aromatic carbocycles. The average Bonchev–Trinajstić information content (AvgIpc) is 2.47. The van der Waals surface area contributed by atoms with Crippen molar-refractivity contribution in [3.8, 4) is 0 Å². The van der Waals surface area contributed by atoms with Gasteiger partial charge in [0.25, 0.3) is 11.4 Å². The number of benzene rings is 2. The van der Waals surface area contributed by atoms with Gasteiger partial charge in [0.1, 0.15) is 0 Å². The van der Waals surface area contributed by atoms with Gasteiger partial charge < -0.3 is 11.5 Å². The van der Waals surface area contributed by atoms with Gasteiger partial charge in [0.2, 0.25) is 0 Å². The third-order valence-electron chi connectivity index (χ3n) is 2.64. The molecule has 4 N–H and O–H groups in total. The number of nitrogens with two attached hydrogens (primary N) is 2. The van der Waals surface area contributed by atoms with Gasteiger partial charge in [-0.25, -0.2) is 0 Å². The topological polar surface area (TPSA) is 138 Å². The fourth-order valence-electron chi connectivity index (χ4n) is 1.51. The van der Waals surface area contributed by atoms with E-state index in [2.05, 4.69) is 0 Å². The van der Waals surface area contributed by atoms with E-state index in [0.717, 1.165) is 21.6 Å². The SMILES string of the molecule is Nc1ccc([N+](=O)[O-])cc1SSc1cc([N+](=O)[O-])ccc1N. The monoisotopic (exact) mass is 338 g/mol. The predicted molar refractivity (Wildman–Crippen MR) is 86.7 cm³/mol. The second kappa shape index (κ2) is 6.54. The Kier molecular flexibility index (Phi) is 4.73. The van der Waals surface area contributed by atoms with Gasteiger partial charge >= 0.3 is 0 Å². The number of anilines is 2. The van der Waals surface area contributed by atoms with E-state index in [0.29, 0.717) is 21.2 Å². The zero-order valence-electron chi connectivity index (χ0n) is 11.0. The Morgan fingerprint density at radius 2 is 1.14 bits per heavy atom. The molecule has 0 heterocycles. The maximum absolute atomic E-state index is 10.8. The number of hydrogen-bond acceptors (Lipinski definition) is 8. The van der Waals surface area contributed by atoms with Crippen LogP contribution in [0.1, 0.15) is 0 Å². The van der Waals surface area contributed by atoms with E-state index < -0.39 is 9.85 Å². The van der Waals surface area contributed by atoms with E-state index in [9.17, 15) is 20.2 Å². The molecular formula is C12H10N4O4S2. The van der Waals surface area contributed by atoms with Gasteiger partial charge in [0.05, 0.1) is 9.85 Å². The van der Waals surface area contributed by atoms with Crippen molar-refractivity contribution in [2.75, 3.05) is 11.5 Å². The van der Waals surface area contributed by atoms with Crippen LogP contribution in [-0.2, 0) is 0 Å². The van der Waals surface area contributed by atoms with Gasteiger partial charge in [-0.2, -0.15) is 0 Å². The molecular weight excluding hydrogens is 328 g/mol. The van der Waals surface area contributed by atoms with Crippen LogP contribution in [-0.4, -0.2) is 9.85 Å². The van der Waals surface area contributed by atoms with Crippen molar-refractivity contribution >= 4 is 44.3 Å². The van der Waals surface area contributed by atoms with Crippen molar-refractivity contribution in [1.29, 1.82) is 0 Å². The molecule has 0 spiro atoms. The fourth-order valence-corrected chi connectivity index (χ4v) is 3.76. The number of nitrogens with zero attached hydrogens (tertiary/aromatic N) is 2. The van der Waals surface area contributed by atoms with E-state index >= 15 is 0 Å². The smallest absolute Gasteiger partial charge is 0.270 e. The molecule has 0 aromatic heterocycles. The van der Waals surface area contributed by atoms with Crippen molar-refractivity contribution in [3.05, 3.63) is 56.6 Å². The van der Waals surface area contributed by atoms with E-state index in [-0.39, 0.29) is 11.4 Å². The third-order valence-corrected chi connectivity index (χ3v) is 5.11. The van der Waals surface area contributed by atoms with Crippen LogP contribution in [0.15, 0.2) is 46.2 Å². The number of nitrogen functional groups attached to an aromatic ring is 2. The number of nitro groups is 2. The normalized spacial score (nSPS) is 10.4. The van der Waals surface area contributed by atoms with Gasteiger partial charge in [-0.3, -0.25) is 20.2 Å². The van der Waals surface area contributed by atoms with E-state index in [1.54, 1.807) is 0 Å². The van der Waals surface area contributed by atoms with Crippen LogP contribution in [0, 0.1) is 20.2 Å². The van der Waals surface area contributed by atoms with Crippen LogP contribution >= 0.6 is 21.6 Å². The van der Waals surface area contributed by atoms with Crippen LogP contribution in [0.4, 0.5) is 22.7 Å². The maximum atomic E-state index is 10.8. The van der Waals surface area contributed by atoms with Gasteiger partial charge in [-0.05, 0) is 12.1 Å². The highest BCUT2D eigenvalue weighted by Crippen LogP contribution is 2.44. The second-order valence-corrected chi connectivity index (χ2v) is 6.34. The lowest BCUT2D eigenvalue weighted by molar-refractivity contribution is -0.385. The summed E-state index contributed by atoms with van der Waals surface area (Å²) in [5.74, 6) is 0. The summed E-state index contributed by atoms with van der Waals surface area (Å²) < 4.78 is 0. The molecule has 8 nitrogen and oxygen atoms in total. The van der Waals surface area contributed by atoms with Crippen LogP contribution < -0.4 is 11.5 Å². The van der Waals surface area contributed by atoms with E-state index in [1.807, 2.05) is 0 Å². The molecule has 22 heavy (non-hydrogen) atoms. The van der Waals surface area contributed by atoms with Crippen LogP contribution in [0.25, 0.3) is 0 Å². The molecule has 0 unspecified atom stereocenters. The third kappa shape index (κ3) is 3.59. The first-order valence-corrected chi connectivity index (χ1v) is 7.96. The number of hydrogen-bond donors (Lipinski definition) is 2. The molecule has 0 atom stereocenters. The van der Waals surface area contributed by atoms with Crippen molar-refractivity contribution in [1.82, 2.24) is 0 Å². The minimum absolute atomic E-state index is 0.0793. The summed E-state index contributed by atoms with van der Waals surface area (Å²) in [6, 6.07) is 8.20. The molecule has 0 radical (unpaired) electrons. The maximum Gasteiger partial charge on any atom is 0.270 e. The zero-order chi connectivity index (χ0) is 16.3. The summed E-state index contributed by atoms with van der Waals surface area (Å²) in [4.78, 5) is 21.5. The first-order chi connectivity index (χ1) is 10.4. The van der Waals surface area contributed by atoms with Crippen molar-refractivity contribution in [2.24, 2.45) is 0 Å². The van der Waals surface area contributed by atoms with Gasteiger partial charge in [0, 0.05) is 45.4 Å². The van der Waals surface area contributed by atoms with Crippen molar-refractivity contribution in [3.63, 3.8) is 0 Å². The van der Waals surface area contributed by atoms with Gasteiger partial charge in [0.15, 0.2) is 0 Å². The molecule has 10 heteroatoms. The first kappa shape index (κ1) is 15.9. The van der Waals surface area contributed by atoms with Crippen molar-refractivity contribution < 1.29 is 9.85 Å². The molecule has 0 aliphatic rings. The highest BCUT2D eigenvalue weighted by Gasteiger charge is 2.13. The zero-order valence-corrected chi connectivity index (χ0v) is 12.6. The van der Waals surface area contributed by atoms with Crippen LogP contribution in [0.3, 0.4) is 0 Å². The van der Waals surface area contributed by atoms with Crippen molar-refractivity contribution in [2.45, 2.75) is 9.79 Å². The summed E-state index contributed by atoms with van der Waals surface area (Å²) in [6.45, 7) is 0. The molecule has 2 rings (SSSR count). The van der Waals surface area contributed by atoms with Crippen LogP contribution in [0.5, 0.6) is 0 Å². The Bertz CT molecular complexity index is 690. The average molecular weight is 338 g/mol. The largest absolute Gasteiger partial charge is 0.398 e. The number of nitro benzene ring substituents is 2. The Hall–Kier alpha value is -2.46. The molecule has 114 valence electrons. The highest BCUT2D eigenvalue weighted by atomic mass is 33.1. The highest BCUT2D eigenvalue weighted by molar-refractivity contribution is 8.76.